The quantitative estimate of drug-likeness (QED) is 0.552. The first-order chi connectivity index (χ1) is 7.91. The molecule has 2 saturated heterocycles. The Hall–Kier alpha value is -0.730. The average molecular weight is 246 g/mol. The van der Waals surface area contributed by atoms with Crippen molar-refractivity contribution >= 4 is 5.91 Å². The fraction of sp³-hybridized carbons (Fsp3) is 0.900. The van der Waals surface area contributed by atoms with Crippen molar-refractivity contribution in [2.45, 2.75) is 57.6 Å². The fourth-order valence-electron chi connectivity index (χ4n) is 2.38. The van der Waals surface area contributed by atoms with Gasteiger partial charge in [0.15, 0.2) is 6.29 Å². The highest BCUT2D eigenvalue weighted by molar-refractivity contribution is 5.73. The van der Waals surface area contributed by atoms with Crippen molar-refractivity contribution in [1.29, 1.82) is 0 Å². The highest BCUT2D eigenvalue weighted by Gasteiger charge is 2.56. The summed E-state index contributed by atoms with van der Waals surface area (Å²) in [7, 11) is 0. The largest absolute Gasteiger partial charge is 0.377 e. The summed E-state index contributed by atoms with van der Waals surface area (Å²) in [6, 6.07) is -0.779. The molecule has 3 N–H and O–H groups in total. The molecule has 0 aromatic rings. The molecule has 1 amide bonds. The van der Waals surface area contributed by atoms with Gasteiger partial charge in [-0.25, -0.2) is 0 Å². The first-order valence-electron chi connectivity index (χ1n) is 5.65. The Labute approximate surface area is 99.3 Å². The molecule has 7 heteroatoms. The Morgan fingerprint density at radius 3 is 2.71 bits per heavy atom. The van der Waals surface area contributed by atoms with E-state index < -0.39 is 18.6 Å². The Bertz CT molecular complexity index is 311. The second kappa shape index (κ2) is 4.51. The predicted molar refractivity (Wildman–Crippen MR) is 56.3 cm³/mol. The SMILES string of the molecule is CC(=O)NC1C(O)OC(C)C2C1ON2C(C)O. The van der Waals surface area contributed by atoms with Crippen molar-refractivity contribution < 1.29 is 24.6 Å². The first-order valence-corrected chi connectivity index (χ1v) is 5.65. The van der Waals surface area contributed by atoms with E-state index in [0.717, 1.165) is 0 Å². The van der Waals surface area contributed by atoms with Crippen LogP contribution in [0, 0.1) is 0 Å². The van der Waals surface area contributed by atoms with Crippen LogP contribution in [0.2, 0.25) is 0 Å². The zero-order valence-electron chi connectivity index (χ0n) is 10.0. The number of nitrogens with one attached hydrogen (secondary N) is 1. The van der Waals surface area contributed by atoms with Crippen LogP contribution in [-0.2, 0) is 14.4 Å². The third-order valence-electron chi connectivity index (χ3n) is 3.11. The van der Waals surface area contributed by atoms with Crippen LogP contribution in [0.4, 0.5) is 0 Å². The summed E-state index contributed by atoms with van der Waals surface area (Å²) in [5, 5.41) is 23.2. The highest BCUT2D eigenvalue weighted by Crippen LogP contribution is 2.35. The van der Waals surface area contributed by atoms with Crippen LogP contribution in [0.25, 0.3) is 0 Å². The van der Waals surface area contributed by atoms with E-state index in [0.29, 0.717) is 0 Å². The van der Waals surface area contributed by atoms with Gasteiger partial charge in [-0.1, -0.05) is 0 Å². The number of nitrogens with zero attached hydrogens (tertiary/aromatic N) is 1. The van der Waals surface area contributed by atoms with Gasteiger partial charge in [-0.15, -0.1) is 0 Å². The molecule has 0 aromatic heterocycles. The molecule has 17 heavy (non-hydrogen) atoms. The van der Waals surface area contributed by atoms with Gasteiger partial charge in [-0.3, -0.25) is 9.63 Å². The van der Waals surface area contributed by atoms with E-state index in [1.807, 2.05) is 0 Å². The number of fused-ring (bicyclic) bond motifs is 1. The van der Waals surface area contributed by atoms with Crippen molar-refractivity contribution in [2.75, 3.05) is 0 Å². The molecule has 0 spiro atoms. The van der Waals surface area contributed by atoms with Crippen LogP contribution >= 0.6 is 0 Å². The lowest BCUT2D eigenvalue weighted by Crippen LogP contribution is -2.76. The number of ether oxygens (including phenoxy) is 1. The van der Waals surface area contributed by atoms with Crippen molar-refractivity contribution in [3.63, 3.8) is 0 Å². The Morgan fingerprint density at radius 2 is 2.18 bits per heavy atom. The van der Waals surface area contributed by atoms with Crippen molar-refractivity contribution in [1.82, 2.24) is 10.4 Å². The van der Waals surface area contributed by atoms with Crippen LogP contribution in [0.15, 0.2) is 0 Å². The summed E-state index contributed by atoms with van der Waals surface area (Å²) in [6.07, 6.45) is -2.49. The minimum Gasteiger partial charge on any atom is -0.377 e. The van der Waals surface area contributed by atoms with Crippen molar-refractivity contribution in [3.05, 3.63) is 0 Å². The van der Waals surface area contributed by atoms with Gasteiger partial charge >= 0.3 is 0 Å². The lowest BCUT2D eigenvalue weighted by molar-refractivity contribution is -0.432. The molecule has 98 valence electrons. The van der Waals surface area contributed by atoms with Crippen LogP contribution in [0.3, 0.4) is 0 Å². The second-order valence-corrected chi connectivity index (χ2v) is 4.51. The summed E-state index contributed by atoms with van der Waals surface area (Å²) in [5.74, 6) is -0.259. The molecule has 2 heterocycles. The number of hydrogen-bond acceptors (Lipinski definition) is 6. The molecular formula is C10H18N2O5. The standard InChI is InChI=1S/C10H18N2O5/c1-4-8-9(17-12(8)6(3)14)7(10(15)16-4)11-5(2)13/h4,6-10,14-15H,1-3H3,(H,11,13). The zero-order chi connectivity index (χ0) is 12.7. The molecule has 0 saturated carbocycles. The minimum absolute atomic E-state index is 0.171. The van der Waals surface area contributed by atoms with Crippen molar-refractivity contribution in [2.24, 2.45) is 0 Å². The minimum atomic E-state index is -1.09. The van der Waals surface area contributed by atoms with Gasteiger partial charge in [-0.2, -0.15) is 5.06 Å². The summed E-state index contributed by atoms with van der Waals surface area (Å²) in [5.41, 5.74) is 0. The lowest BCUT2D eigenvalue weighted by Gasteiger charge is -2.56. The molecule has 2 rings (SSSR count). The summed E-state index contributed by atoms with van der Waals surface area (Å²) in [4.78, 5) is 16.4. The maximum Gasteiger partial charge on any atom is 0.217 e. The maximum atomic E-state index is 11.0. The van der Waals surface area contributed by atoms with Gasteiger partial charge in [0.05, 0.1) is 12.1 Å². The molecule has 0 radical (unpaired) electrons. The van der Waals surface area contributed by atoms with E-state index in [1.54, 1.807) is 13.8 Å². The van der Waals surface area contributed by atoms with Gasteiger partial charge in [0.2, 0.25) is 5.91 Å². The molecule has 2 fully saturated rings. The molecule has 2 aliphatic rings. The molecule has 0 aliphatic carbocycles. The van der Waals surface area contributed by atoms with Gasteiger partial charge in [0.25, 0.3) is 0 Å². The van der Waals surface area contributed by atoms with Gasteiger partial charge in [-0.05, 0) is 13.8 Å². The topological polar surface area (TPSA) is 91.3 Å². The number of aliphatic hydroxyl groups excluding tert-OH is 2. The van der Waals surface area contributed by atoms with E-state index in [1.165, 1.54) is 12.0 Å². The van der Waals surface area contributed by atoms with Gasteiger partial charge < -0.3 is 20.3 Å². The summed E-state index contributed by atoms with van der Waals surface area (Å²) >= 11 is 0. The number of aliphatic hydroxyl groups is 2. The third kappa shape index (κ3) is 2.16. The summed E-state index contributed by atoms with van der Waals surface area (Å²) < 4.78 is 5.32. The maximum absolute atomic E-state index is 11.0. The monoisotopic (exact) mass is 246 g/mol. The average Bonchev–Trinajstić information content (AvgIpc) is 2.10. The van der Waals surface area contributed by atoms with E-state index >= 15 is 0 Å². The van der Waals surface area contributed by atoms with Crippen molar-refractivity contribution in [3.8, 4) is 0 Å². The van der Waals surface area contributed by atoms with E-state index in [9.17, 15) is 15.0 Å². The number of rotatable bonds is 2. The highest BCUT2D eigenvalue weighted by atomic mass is 16.8. The first kappa shape index (κ1) is 12.7. The molecule has 2 aliphatic heterocycles. The lowest BCUT2D eigenvalue weighted by atomic mass is 9.92. The molecule has 0 aromatic carbocycles. The van der Waals surface area contributed by atoms with Crippen LogP contribution in [0.1, 0.15) is 20.8 Å². The van der Waals surface area contributed by atoms with Gasteiger partial charge in [0, 0.05) is 6.92 Å². The number of amides is 1. The van der Waals surface area contributed by atoms with E-state index in [-0.39, 0.29) is 24.2 Å². The number of hydrogen-bond donors (Lipinski definition) is 3. The summed E-state index contributed by atoms with van der Waals surface area (Å²) in [6.45, 7) is 4.75. The van der Waals surface area contributed by atoms with Crippen LogP contribution < -0.4 is 5.32 Å². The van der Waals surface area contributed by atoms with Gasteiger partial charge in [0.1, 0.15) is 18.4 Å². The third-order valence-corrected chi connectivity index (χ3v) is 3.11. The zero-order valence-corrected chi connectivity index (χ0v) is 10.0. The van der Waals surface area contributed by atoms with E-state index in [2.05, 4.69) is 5.32 Å². The van der Waals surface area contributed by atoms with Crippen LogP contribution in [-0.4, -0.2) is 58.0 Å². The predicted octanol–water partition coefficient (Wildman–Crippen LogP) is -1.45. The Morgan fingerprint density at radius 1 is 1.53 bits per heavy atom. The Kier molecular flexibility index (Phi) is 3.37. The molecule has 6 atom stereocenters. The smallest absolute Gasteiger partial charge is 0.217 e. The van der Waals surface area contributed by atoms with E-state index in [4.69, 9.17) is 9.57 Å². The molecular weight excluding hydrogens is 228 g/mol. The number of hydroxylamine groups is 2. The number of carbonyl (C=O) groups excluding carboxylic acids is 1. The second-order valence-electron chi connectivity index (χ2n) is 4.51. The molecule has 6 unspecified atom stereocenters. The molecule has 0 bridgehead atoms. The Balaban J connectivity index is 2.08. The van der Waals surface area contributed by atoms with Crippen LogP contribution in [0.5, 0.6) is 0 Å². The normalized spacial score (nSPS) is 43.5. The molecule has 7 nitrogen and oxygen atoms in total. The number of carbonyl (C=O) groups is 1. The fourth-order valence-corrected chi connectivity index (χ4v) is 2.38.